The predicted molar refractivity (Wildman–Crippen MR) is 63.9 cm³/mol. The van der Waals surface area contributed by atoms with Gasteiger partial charge in [0.15, 0.2) is 11.3 Å². The monoisotopic (exact) mass is 248 g/mol. The van der Waals surface area contributed by atoms with Crippen molar-refractivity contribution in [3.05, 3.63) is 17.8 Å². The lowest BCUT2D eigenvalue weighted by Crippen LogP contribution is -2.36. The number of pyridine rings is 1. The number of nitrogens with one attached hydrogen (secondary N) is 1. The van der Waals surface area contributed by atoms with Gasteiger partial charge in [0, 0.05) is 13.1 Å². The van der Waals surface area contributed by atoms with Crippen molar-refractivity contribution in [2.24, 2.45) is 0 Å². The first-order chi connectivity index (χ1) is 8.75. The van der Waals surface area contributed by atoms with Crippen LogP contribution >= 0.6 is 0 Å². The number of ether oxygens (including phenoxy) is 1. The van der Waals surface area contributed by atoms with Gasteiger partial charge in [0.1, 0.15) is 5.82 Å². The maximum absolute atomic E-state index is 10.9. The van der Waals surface area contributed by atoms with Crippen LogP contribution in [0, 0.1) is 0 Å². The number of nitrogens with zero attached hydrogens (tertiary/aromatic N) is 3. The molecule has 2 aromatic rings. The molecule has 1 fully saturated rings. The van der Waals surface area contributed by atoms with Crippen molar-refractivity contribution >= 4 is 22.8 Å². The van der Waals surface area contributed by atoms with Gasteiger partial charge in [-0.25, -0.2) is 9.78 Å². The molecule has 7 nitrogen and oxygen atoms in total. The number of anilines is 1. The third kappa shape index (κ3) is 1.78. The number of carboxylic acids is 1. The Morgan fingerprint density at radius 3 is 2.89 bits per heavy atom. The third-order valence-electron chi connectivity index (χ3n) is 2.95. The first-order valence-electron chi connectivity index (χ1n) is 5.67. The fourth-order valence-corrected chi connectivity index (χ4v) is 2.03. The van der Waals surface area contributed by atoms with Gasteiger partial charge < -0.3 is 14.7 Å². The molecule has 0 aliphatic carbocycles. The van der Waals surface area contributed by atoms with Gasteiger partial charge in [-0.15, -0.1) is 0 Å². The van der Waals surface area contributed by atoms with Crippen molar-refractivity contribution in [3.8, 4) is 0 Å². The molecule has 2 N–H and O–H groups in total. The fourth-order valence-electron chi connectivity index (χ4n) is 2.03. The second kappa shape index (κ2) is 4.26. The number of aromatic carboxylic acids is 1. The number of fused-ring (bicyclic) bond motifs is 1. The standard InChI is InChI=1S/C11H12N4O3/c16-11(17)9-7-1-2-8(12-10(7)14-13-9)15-3-5-18-6-4-15/h1-2H,3-6H2,(H,16,17)(H,12,13,14). The Bertz CT molecular complexity index is 589. The molecule has 7 heteroatoms. The lowest BCUT2D eigenvalue weighted by molar-refractivity contribution is 0.0692. The number of rotatable bonds is 2. The first kappa shape index (κ1) is 11.0. The van der Waals surface area contributed by atoms with Crippen LogP contribution in [0.1, 0.15) is 10.5 Å². The highest BCUT2D eigenvalue weighted by Crippen LogP contribution is 2.19. The van der Waals surface area contributed by atoms with Gasteiger partial charge in [0.2, 0.25) is 0 Å². The van der Waals surface area contributed by atoms with Crippen LogP contribution in [0.5, 0.6) is 0 Å². The fraction of sp³-hybridized carbons (Fsp3) is 0.364. The van der Waals surface area contributed by atoms with Crippen LogP contribution in [-0.2, 0) is 4.74 Å². The molecule has 0 bridgehead atoms. The smallest absolute Gasteiger partial charge is 0.357 e. The quantitative estimate of drug-likeness (QED) is 0.803. The summed E-state index contributed by atoms with van der Waals surface area (Å²) in [5, 5.41) is 15.9. The molecule has 1 saturated heterocycles. The number of aromatic nitrogens is 3. The Labute approximate surface area is 102 Å². The van der Waals surface area contributed by atoms with Crippen molar-refractivity contribution in [2.75, 3.05) is 31.2 Å². The number of H-pyrrole nitrogens is 1. The molecular formula is C11H12N4O3. The number of hydrogen-bond acceptors (Lipinski definition) is 5. The largest absolute Gasteiger partial charge is 0.476 e. The van der Waals surface area contributed by atoms with Crippen molar-refractivity contribution in [2.45, 2.75) is 0 Å². The number of hydrogen-bond donors (Lipinski definition) is 2. The SMILES string of the molecule is O=C(O)c1n[nH]c2nc(N3CCOCC3)ccc12. The van der Waals surface area contributed by atoms with Crippen LogP contribution in [0.15, 0.2) is 12.1 Å². The molecule has 0 spiro atoms. The Kier molecular flexibility index (Phi) is 2.60. The zero-order valence-corrected chi connectivity index (χ0v) is 9.59. The third-order valence-corrected chi connectivity index (χ3v) is 2.95. The Morgan fingerprint density at radius 1 is 1.39 bits per heavy atom. The zero-order valence-electron chi connectivity index (χ0n) is 9.59. The average Bonchev–Trinajstić information content (AvgIpc) is 2.82. The van der Waals surface area contributed by atoms with E-state index >= 15 is 0 Å². The van der Waals surface area contributed by atoms with Crippen LogP contribution in [0.25, 0.3) is 11.0 Å². The van der Waals surface area contributed by atoms with E-state index in [-0.39, 0.29) is 5.69 Å². The van der Waals surface area contributed by atoms with Crippen LogP contribution in [-0.4, -0.2) is 52.6 Å². The van der Waals surface area contributed by atoms with E-state index in [2.05, 4.69) is 20.1 Å². The Hall–Kier alpha value is -2.15. The molecule has 0 atom stereocenters. The average molecular weight is 248 g/mol. The molecule has 1 aliphatic rings. The van der Waals surface area contributed by atoms with E-state index in [1.807, 2.05) is 6.07 Å². The highest BCUT2D eigenvalue weighted by Gasteiger charge is 2.16. The second-order valence-corrected chi connectivity index (χ2v) is 4.04. The molecule has 3 heterocycles. The van der Waals surface area contributed by atoms with Gasteiger partial charge in [0.05, 0.1) is 18.6 Å². The normalized spacial score (nSPS) is 16.1. The van der Waals surface area contributed by atoms with Crippen LogP contribution in [0.2, 0.25) is 0 Å². The van der Waals surface area contributed by atoms with Gasteiger partial charge >= 0.3 is 5.97 Å². The molecule has 0 radical (unpaired) electrons. The summed E-state index contributed by atoms with van der Waals surface area (Å²) in [5.74, 6) is -0.242. The topological polar surface area (TPSA) is 91.3 Å². The Morgan fingerprint density at radius 2 is 2.17 bits per heavy atom. The predicted octanol–water partition coefficient (Wildman–Crippen LogP) is 0.493. The minimum absolute atomic E-state index is 0.00558. The number of morpholine rings is 1. The molecular weight excluding hydrogens is 236 g/mol. The van der Waals surface area contributed by atoms with Crippen LogP contribution in [0.4, 0.5) is 5.82 Å². The van der Waals surface area contributed by atoms with Crippen LogP contribution in [0.3, 0.4) is 0 Å². The van der Waals surface area contributed by atoms with Crippen molar-refractivity contribution in [1.82, 2.24) is 15.2 Å². The lowest BCUT2D eigenvalue weighted by atomic mass is 10.2. The molecule has 0 aromatic carbocycles. The van der Waals surface area contributed by atoms with Gasteiger partial charge in [-0.1, -0.05) is 0 Å². The molecule has 2 aromatic heterocycles. The summed E-state index contributed by atoms with van der Waals surface area (Å²) in [6.07, 6.45) is 0. The summed E-state index contributed by atoms with van der Waals surface area (Å²) in [6.45, 7) is 2.95. The molecule has 1 aliphatic heterocycles. The van der Waals surface area contributed by atoms with E-state index in [1.54, 1.807) is 6.07 Å². The summed E-state index contributed by atoms with van der Waals surface area (Å²) in [5.41, 5.74) is 0.502. The van der Waals surface area contributed by atoms with E-state index in [0.717, 1.165) is 18.9 Å². The van der Waals surface area contributed by atoms with Crippen molar-refractivity contribution in [3.63, 3.8) is 0 Å². The van der Waals surface area contributed by atoms with E-state index in [0.29, 0.717) is 24.2 Å². The zero-order chi connectivity index (χ0) is 12.5. The van der Waals surface area contributed by atoms with Crippen molar-refractivity contribution < 1.29 is 14.6 Å². The van der Waals surface area contributed by atoms with Gasteiger partial charge in [0.25, 0.3) is 0 Å². The molecule has 3 rings (SSSR count). The lowest BCUT2D eigenvalue weighted by Gasteiger charge is -2.27. The van der Waals surface area contributed by atoms with E-state index in [9.17, 15) is 4.79 Å². The highest BCUT2D eigenvalue weighted by atomic mass is 16.5. The minimum Gasteiger partial charge on any atom is -0.476 e. The minimum atomic E-state index is -1.05. The van der Waals surface area contributed by atoms with E-state index < -0.39 is 5.97 Å². The van der Waals surface area contributed by atoms with Gasteiger partial charge in [-0.05, 0) is 12.1 Å². The van der Waals surface area contributed by atoms with Crippen LogP contribution < -0.4 is 4.90 Å². The summed E-state index contributed by atoms with van der Waals surface area (Å²) in [4.78, 5) is 17.4. The molecule has 18 heavy (non-hydrogen) atoms. The number of aromatic amines is 1. The molecule has 0 unspecified atom stereocenters. The van der Waals surface area contributed by atoms with Crippen molar-refractivity contribution in [1.29, 1.82) is 0 Å². The molecule has 94 valence electrons. The highest BCUT2D eigenvalue weighted by molar-refractivity contribution is 6.00. The molecule has 0 amide bonds. The van der Waals surface area contributed by atoms with Gasteiger partial charge in [-0.3, -0.25) is 5.10 Å². The summed E-state index contributed by atoms with van der Waals surface area (Å²) >= 11 is 0. The Balaban J connectivity index is 1.98. The maximum Gasteiger partial charge on any atom is 0.357 e. The summed E-state index contributed by atoms with van der Waals surface area (Å²) in [7, 11) is 0. The van der Waals surface area contributed by atoms with E-state index in [4.69, 9.17) is 9.84 Å². The summed E-state index contributed by atoms with van der Waals surface area (Å²) < 4.78 is 5.28. The summed E-state index contributed by atoms with van der Waals surface area (Å²) in [6, 6.07) is 3.55. The van der Waals surface area contributed by atoms with E-state index in [1.165, 1.54) is 0 Å². The molecule has 0 saturated carbocycles. The van der Waals surface area contributed by atoms with Gasteiger partial charge in [-0.2, -0.15) is 5.10 Å². The number of carboxylic acid groups (broad SMARTS) is 1. The maximum atomic E-state index is 10.9. The first-order valence-corrected chi connectivity index (χ1v) is 5.67. The number of carbonyl (C=O) groups is 1. The second-order valence-electron chi connectivity index (χ2n) is 4.04.